The Kier molecular flexibility index (Phi) is 4.53. The maximum Gasteiger partial charge on any atom is 0.224 e. The normalized spacial score (nSPS) is 13.5. The third-order valence-electron chi connectivity index (χ3n) is 2.85. The van der Waals surface area contributed by atoms with E-state index in [0.717, 1.165) is 6.42 Å². The van der Waals surface area contributed by atoms with Gasteiger partial charge in [-0.05, 0) is 12.3 Å². The molecule has 1 aliphatic rings. The lowest BCUT2D eigenvalue weighted by molar-refractivity contribution is -0.116. The molecule has 1 heterocycles. The average Bonchev–Trinajstić information content (AvgIpc) is 2.37. The van der Waals surface area contributed by atoms with Crippen LogP contribution in [-0.2, 0) is 4.79 Å². The molecule has 4 nitrogen and oxygen atoms in total. The number of nitrogens with one attached hydrogen (secondary N) is 1. The van der Waals surface area contributed by atoms with Crippen molar-refractivity contribution in [2.75, 3.05) is 18.5 Å². The van der Waals surface area contributed by atoms with Crippen LogP contribution >= 0.6 is 11.6 Å². The molecule has 0 bridgehead atoms. The van der Waals surface area contributed by atoms with E-state index in [1.807, 2.05) is 0 Å². The number of ether oxygens (including phenoxy) is 2. The quantitative estimate of drug-likeness (QED) is 0.920. The van der Waals surface area contributed by atoms with E-state index >= 15 is 0 Å². The maximum atomic E-state index is 11.8. The second kappa shape index (κ2) is 6.15. The number of hydrogen-bond donors (Lipinski definition) is 1. The topological polar surface area (TPSA) is 47.6 Å². The van der Waals surface area contributed by atoms with Gasteiger partial charge in [0.15, 0.2) is 11.5 Å². The van der Waals surface area contributed by atoms with Crippen LogP contribution in [0, 0.1) is 5.92 Å². The highest BCUT2D eigenvalue weighted by Gasteiger charge is 2.16. The first-order valence-electron chi connectivity index (χ1n) is 6.45. The molecule has 1 aliphatic heterocycles. The molecule has 0 atom stereocenters. The Bertz CT molecular complexity index is 474. The Balaban J connectivity index is 2.05. The fourth-order valence-corrected chi connectivity index (χ4v) is 1.99. The van der Waals surface area contributed by atoms with Gasteiger partial charge >= 0.3 is 0 Å². The molecule has 1 amide bonds. The number of carbonyl (C=O) groups excluding carboxylic acids is 1. The van der Waals surface area contributed by atoms with Crippen molar-refractivity contribution < 1.29 is 14.3 Å². The van der Waals surface area contributed by atoms with Crippen LogP contribution in [0.3, 0.4) is 0 Å². The molecule has 0 saturated carbocycles. The molecular weight excluding hydrogens is 266 g/mol. The summed E-state index contributed by atoms with van der Waals surface area (Å²) in [4.78, 5) is 11.8. The van der Waals surface area contributed by atoms with Crippen molar-refractivity contribution in [3.63, 3.8) is 0 Å². The lowest BCUT2D eigenvalue weighted by Gasteiger charge is -2.20. The number of fused-ring (bicyclic) bond motifs is 1. The highest BCUT2D eigenvalue weighted by atomic mass is 35.5. The zero-order valence-corrected chi connectivity index (χ0v) is 11.9. The van der Waals surface area contributed by atoms with Crippen molar-refractivity contribution >= 4 is 23.2 Å². The van der Waals surface area contributed by atoms with Gasteiger partial charge in [-0.3, -0.25) is 4.79 Å². The van der Waals surface area contributed by atoms with Crippen LogP contribution in [0.4, 0.5) is 5.69 Å². The summed E-state index contributed by atoms with van der Waals surface area (Å²) in [5.41, 5.74) is 0.569. The SMILES string of the molecule is CC(C)CCC(=O)Nc1cc2c(cc1Cl)OCCO2. The minimum Gasteiger partial charge on any atom is -0.486 e. The summed E-state index contributed by atoms with van der Waals surface area (Å²) >= 11 is 6.12. The average molecular weight is 284 g/mol. The molecule has 5 heteroatoms. The molecular formula is C14H18ClNO3. The number of rotatable bonds is 4. The van der Waals surface area contributed by atoms with E-state index < -0.39 is 0 Å². The van der Waals surface area contributed by atoms with Crippen molar-refractivity contribution in [3.8, 4) is 11.5 Å². The maximum absolute atomic E-state index is 11.8. The lowest BCUT2D eigenvalue weighted by atomic mass is 10.1. The van der Waals surface area contributed by atoms with E-state index in [2.05, 4.69) is 19.2 Å². The van der Waals surface area contributed by atoms with Gasteiger partial charge in [-0.1, -0.05) is 25.4 Å². The monoisotopic (exact) mass is 283 g/mol. The van der Waals surface area contributed by atoms with Gasteiger partial charge in [0.2, 0.25) is 5.91 Å². The third kappa shape index (κ3) is 3.77. The first-order valence-corrected chi connectivity index (χ1v) is 6.83. The molecule has 104 valence electrons. The third-order valence-corrected chi connectivity index (χ3v) is 3.17. The Morgan fingerprint density at radius 3 is 2.58 bits per heavy atom. The summed E-state index contributed by atoms with van der Waals surface area (Å²) < 4.78 is 10.9. The molecule has 19 heavy (non-hydrogen) atoms. The van der Waals surface area contributed by atoms with E-state index in [0.29, 0.717) is 47.8 Å². The molecule has 0 aromatic heterocycles. The van der Waals surface area contributed by atoms with Crippen LogP contribution in [0.25, 0.3) is 0 Å². The minimum absolute atomic E-state index is 0.0349. The van der Waals surface area contributed by atoms with Crippen molar-refractivity contribution in [2.45, 2.75) is 26.7 Å². The van der Waals surface area contributed by atoms with Gasteiger partial charge in [0.05, 0.1) is 10.7 Å². The Morgan fingerprint density at radius 2 is 1.95 bits per heavy atom. The van der Waals surface area contributed by atoms with Crippen molar-refractivity contribution in [1.82, 2.24) is 0 Å². The van der Waals surface area contributed by atoms with Crippen molar-refractivity contribution in [1.29, 1.82) is 0 Å². The number of benzene rings is 1. The fraction of sp³-hybridized carbons (Fsp3) is 0.500. The Morgan fingerprint density at radius 1 is 1.32 bits per heavy atom. The second-order valence-corrected chi connectivity index (χ2v) is 5.36. The summed E-state index contributed by atoms with van der Waals surface area (Å²) in [5.74, 6) is 1.71. The van der Waals surface area contributed by atoms with Gasteiger partial charge in [-0.25, -0.2) is 0 Å². The first-order chi connectivity index (χ1) is 9.06. The molecule has 1 N–H and O–H groups in total. The molecule has 0 saturated heterocycles. The largest absolute Gasteiger partial charge is 0.486 e. The zero-order chi connectivity index (χ0) is 13.8. The number of carbonyl (C=O) groups is 1. The molecule has 2 rings (SSSR count). The molecule has 1 aromatic carbocycles. The predicted molar refractivity (Wildman–Crippen MR) is 75.1 cm³/mol. The first kappa shape index (κ1) is 14.0. The fourth-order valence-electron chi connectivity index (χ4n) is 1.79. The van der Waals surface area contributed by atoms with Crippen LogP contribution in [0.15, 0.2) is 12.1 Å². The van der Waals surface area contributed by atoms with Crippen molar-refractivity contribution in [2.24, 2.45) is 5.92 Å². The predicted octanol–water partition coefficient (Wildman–Crippen LogP) is 3.49. The standard InChI is InChI=1S/C14H18ClNO3/c1-9(2)3-4-14(17)16-11-8-13-12(7-10(11)15)18-5-6-19-13/h7-9H,3-6H2,1-2H3,(H,16,17). The van der Waals surface area contributed by atoms with Crippen molar-refractivity contribution in [3.05, 3.63) is 17.2 Å². The Labute approximate surface area is 118 Å². The highest BCUT2D eigenvalue weighted by Crippen LogP contribution is 2.37. The highest BCUT2D eigenvalue weighted by molar-refractivity contribution is 6.34. The van der Waals surface area contributed by atoms with Crippen LogP contribution in [0.5, 0.6) is 11.5 Å². The summed E-state index contributed by atoms with van der Waals surface area (Å²) in [6.45, 7) is 5.20. The number of hydrogen-bond acceptors (Lipinski definition) is 3. The van der Waals surface area contributed by atoms with Gasteiger partial charge in [0.25, 0.3) is 0 Å². The van der Waals surface area contributed by atoms with Gasteiger partial charge in [0.1, 0.15) is 13.2 Å². The van der Waals surface area contributed by atoms with Gasteiger partial charge in [-0.15, -0.1) is 0 Å². The summed E-state index contributed by atoms with van der Waals surface area (Å²) in [6, 6.07) is 3.39. The molecule has 1 aromatic rings. The van der Waals surface area contributed by atoms with E-state index in [1.54, 1.807) is 12.1 Å². The van der Waals surface area contributed by atoms with E-state index in [9.17, 15) is 4.79 Å². The molecule has 0 unspecified atom stereocenters. The number of anilines is 1. The Hall–Kier alpha value is -1.42. The number of amides is 1. The smallest absolute Gasteiger partial charge is 0.224 e. The van der Waals surface area contributed by atoms with E-state index in [-0.39, 0.29) is 5.91 Å². The number of halogens is 1. The lowest BCUT2D eigenvalue weighted by Crippen LogP contribution is -2.17. The van der Waals surface area contributed by atoms with E-state index in [4.69, 9.17) is 21.1 Å². The van der Waals surface area contributed by atoms with Gasteiger partial charge in [-0.2, -0.15) is 0 Å². The van der Waals surface area contributed by atoms with E-state index in [1.165, 1.54) is 0 Å². The molecule has 0 fully saturated rings. The summed E-state index contributed by atoms with van der Waals surface area (Å²) in [7, 11) is 0. The molecule has 0 radical (unpaired) electrons. The van der Waals surface area contributed by atoms with Gasteiger partial charge in [0, 0.05) is 18.6 Å². The zero-order valence-electron chi connectivity index (χ0n) is 11.2. The van der Waals surface area contributed by atoms with Crippen LogP contribution in [-0.4, -0.2) is 19.1 Å². The van der Waals surface area contributed by atoms with Crippen LogP contribution < -0.4 is 14.8 Å². The molecule has 0 aliphatic carbocycles. The molecule has 0 spiro atoms. The second-order valence-electron chi connectivity index (χ2n) is 4.96. The van der Waals surface area contributed by atoms with Crippen LogP contribution in [0.1, 0.15) is 26.7 Å². The summed E-state index contributed by atoms with van der Waals surface area (Å²) in [5, 5.41) is 3.27. The minimum atomic E-state index is -0.0349. The summed E-state index contributed by atoms with van der Waals surface area (Å²) in [6.07, 6.45) is 1.34. The van der Waals surface area contributed by atoms with Gasteiger partial charge < -0.3 is 14.8 Å². The van der Waals surface area contributed by atoms with Crippen LogP contribution in [0.2, 0.25) is 5.02 Å².